The molecule has 15 heavy (non-hydrogen) atoms. The molecule has 1 fully saturated rings. The fourth-order valence-electron chi connectivity index (χ4n) is 1.42. The highest BCUT2D eigenvalue weighted by molar-refractivity contribution is 5.11. The maximum atomic E-state index is 9.20. The summed E-state index contributed by atoms with van der Waals surface area (Å²) >= 11 is 0. The fourth-order valence-corrected chi connectivity index (χ4v) is 1.42. The molecule has 0 atom stereocenters. The minimum absolute atomic E-state index is 0.173. The summed E-state index contributed by atoms with van der Waals surface area (Å²) in [6, 6.07) is 0. The minimum Gasteiger partial charge on any atom is -0.509 e. The van der Waals surface area contributed by atoms with Gasteiger partial charge in [-0.3, -0.25) is 4.90 Å². The summed E-state index contributed by atoms with van der Waals surface area (Å²) in [5, 5.41) is 9.20. The molecule has 1 saturated heterocycles. The number of aliphatic hydroxyl groups is 1. The van der Waals surface area contributed by atoms with Gasteiger partial charge in [-0.25, -0.2) is 0 Å². The minimum atomic E-state index is 0.173. The maximum absolute atomic E-state index is 9.20. The van der Waals surface area contributed by atoms with Gasteiger partial charge in [-0.15, -0.1) is 0 Å². The van der Waals surface area contributed by atoms with Crippen molar-refractivity contribution in [3.8, 4) is 0 Å². The van der Waals surface area contributed by atoms with E-state index in [0.29, 0.717) is 12.4 Å². The van der Waals surface area contributed by atoms with Gasteiger partial charge in [0.2, 0.25) is 0 Å². The summed E-state index contributed by atoms with van der Waals surface area (Å²) in [7, 11) is 0. The predicted octanol–water partition coefficient (Wildman–Crippen LogP) is 1.31. The van der Waals surface area contributed by atoms with Gasteiger partial charge in [0.1, 0.15) is 12.4 Å². The second-order valence-electron chi connectivity index (χ2n) is 3.46. The van der Waals surface area contributed by atoms with Crippen molar-refractivity contribution in [2.24, 2.45) is 0 Å². The lowest BCUT2D eigenvalue weighted by molar-refractivity contribution is 0.0275. The Balaban J connectivity index is 2.20. The van der Waals surface area contributed by atoms with Crippen LogP contribution in [0, 0.1) is 0 Å². The van der Waals surface area contributed by atoms with E-state index in [1.165, 1.54) is 6.08 Å². The SMILES string of the molecule is C=C/C(OCCN1CCOCC1)=C(\C)O. The summed E-state index contributed by atoms with van der Waals surface area (Å²) in [5.74, 6) is 0.634. The number of allylic oxidation sites excluding steroid dienone is 2. The third kappa shape index (κ3) is 4.36. The Morgan fingerprint density at radius 3 is 2.73 bits per heavy atom. The van der Waals surface area contributed by atoms with Gasteiger partial charge in [0, 0.05) is 19.6 Å². The Morgan fingerprint density at radius 2 is 2.20 bits per heavy atom. The number of hydrogen-bond acceptors (Lipinski definition) is 4. The highest BCUT2D eigenvalue weighted by Gasteiger charge is 2.09. The fraction of sp³-hybridized carbons (Fsp3) is 0.636. The Labute approximate surface area is 90.8 Å². The quantitative estimate of drug-likeness (QED) is 0.552. The zero-order valence-corrected chi connectivity index (χ0v) is 9.24. The van der Waals surface area contributed by atoms with Crippen LogP contribution in [0.4, 0.5) is 0 Å². The van der Waals surface area contributed by atoms with E-state index in [9.17, 15) is 5.11 Å². The zero-order valence-electron chi connectivity index (χ0n) is 9.24. The first-order valence-corrected chi connectivity index (χ1v) is 5.19. The molecule has 0 amide bonds. The number of hydrogen-bond donors (Lipinski definition) is 1. The van der Waals surface area contributed by atoms with Crippen molar-refractivity contribution >= 4 is 0 Å². The molecule has 1 aliphatic rings. The lowest BCUT2D eigenvalue weighted by Crippen LogP contribution is -2.38. The molecule has 0 aromatic heterocycles. The molecule has 1 heterocycles. The van der Waals surface area contributed by atoms with Crippen LogP contribution in [0.25, 0.3) is 0 Å². The van der Waals surface area contributed by atoms with Gasteiger partial charge < -0.3 is 14.6 Å². The van der Waals surface area contributed by atoms with E-state index in [0.717, 1.165) is 32.8 Å². The molecule has 1 aliphatic heterocycles. The normalized spacial score (nSPS) is 19.5. The molecule has 0 bridgehead atoms. The molecule has 86 valence electrons. The van der Waals surface area contributed by atoms with Crippen LogP contribution < -0.4 is 0 Å². The first-order valence-electron chi connectivity index (χ1n) is 5.19. The first kappa shape index (κ1) is 12.1. The molecule has 1 N–H and O–H groups in total. The van der Waals surface area contributed by atoms with Crippen LogP contribution in [0.1, 0.15) is 6.92 Å². The van der Waals surface area contributed by atoms with Gasteiger partial charge in [0.15, 0.2) is 5.76 Å². The number of rotatable bonds is 5. The third-order valence-corrected chi connectivity index (χ3v) is 2.31. The van der Waals surface area contributed by atoms with E-state index in [1.54, 1.807) is 6.92 Å². The second-order valence-corrected chi connectivity index (χ2v) is 3.46. The molecule has 0 spiro atoms. The number of nitrogens with zero attached hydrogens (tertiary/aromatic N) is 1. The van der Waals surface area contributed by atoms with Crippen molar-refractivity contribution < 1.29 is 14.6 Å². The highest BCUT2D eigenvalue weighted by Crippen LogP contribution is 2.04. The van der Waals surface area contributed by atoms with Crippen molar-refractivity contribution in [1.29, 1.82) is 0 Å². The van der Waals surface area contributed by atoms with E-state index in [2.05, 4.69) is 11.5 Å². The summed E-state index contributed by atoms with van der Waals surface area (Å²) in [6.07, 6.45) is 1.52. The summed E-state index contributed by atoms with van der Waals surface area (Å²) in [4.78, 5) is 2.27. The van der Waals surface area contributed by atoms with E-state index in [4.69, 9.17) is 9.47 Å². The zero-order chi connectivity index (χ0) is 11.1. The van der Waals surface area contributed by atoms with E-state index in [-0.39, 0.29) is 5.76 Å². The van der Waals surface area contributed by atoms with Crippen molar-refractivity contribution in [3.05, 3.63) is 24.2 Å². The van der Waals surface area contributed by atoms with Crippen LogP contribution in [0.3, 0.4) is 0 Å². The summed E-state index contributed by atoms with van der Waals surface area (Å²) in [5.41, 5.74) is 0. The van der Waals surface area contributed by atoms with Crippen LogP contribution in [0.15, 0.2) is 24.2 Å². The van der Waals surface area contributed by atoms with E-state index >= 15 is 0 Å². The summed E-state index contributed by atoms with van der Waals surface area (Å²) in [6.45, 7) is 10.1. The van der Waals surface area contributed by atoms with Gasteiger partial charge >= 0.3 is 0 Å². The molecule has 0 saturated carbocycles. The highest BCUT2D eigenvalue weighted by atomic mass is 16.5. The summed E-state index contributed by atoms with van der Waals surface area (Å²) < 4.78 is 10.6. The molecule has 0 unspecified atom stereocenters. The molecule has 4 heteroatoms. The standard InChI is InChI=1S/C11H19NO3/c1-3-11(10(2)13)15-9-6-12-4-7-14-8-5-12/h3,13H,1,4-9H2,2H3/b11-10-. The average molecular weight is 213 g/mol. The first-order chi connectivity index (χ1) is 7.24. The maximum Gasteiger partial charge on any atom is 0.155 e. The molecule has 0 aliphatic carbocycles. The Bertz CT molecular complexity index is 228. The molecule has 1 rings (SSSR count). The van der Waals surface area contributed by atoms with Crippen LogP contribution in [-0.2, 0) is 9.47 Å². The van der Waals surface area contributed by atoms with Gasteiger partial charge in [-0.05, 0) is 13.0 Å². The molecule has 4 nitrogen and oxygen atoms in total. The van der Waals surface area contributed by atoms with Crippen LogP contribution >= 0.6 is 0 Å². The van der Waals surface area contributed by atoms with Gasteiger partial charge in [-0.2, -0.15) is 0 Å². The second kappa shape index (κ2) is 6.48. The van der Waals surface area contributed by atoms with Crippen molar-refractivity contribution in [2.45, 2.75) is 6.92 Å². The lowest BCUT2D eigenvalue weighted by Gasteiger charge is -2.26. The van der Waals surface area contributed by atoms with Crippen molar-refractivity contribution in [2.75, 3.05) is 39.5 Å². The van der Waals surface area contributed by atoms with Gasteiger partial charge in [0.25, 0.3) is 0 Å². The van der Waals surface area contributed by atoms with Crippen LogP contribution in [-0.4, -0.2) is 49.5 Å². The van der Waals surface area contributed by atoms with Gasteiger partial charge in [-0.1, -0.05) is 6.58 Å². The molecular weight excluding hydrogens is 194 g/mol. The lowest BCUT2D eigenvalue weighted by atomic mass is 10.4. The Morgan fingerprint density at radius 1 is 1.53 bits per heavy atom. The number of morpholine rings is 1. The predicted molar refractivity (Wildman–Crippen MR) is 58.7 cm³/mol. The Hall–Kier alpha value is -1.00. The van der Waals surface area contributed by atoms with Crippen molar-refractivity contribution in [3.63, 3.8) is 0 Å². The number of ether oxygens (including phenoxy) is 2. The molecule has 0 radical (unpaired) electrons. The van der Waals surface area contributed by atoms with Crippen LogP contribution in [0.5, 0.6) is 0 Å². The smallest absolute Gasteiger partial charge is 0.155 e. The Kier molecular flexibility index (Phi) is 5.21. The van der Waals surface area contributed by atoms with E-state index < -0.39 is 0 Å². The largest absolute Gasteiger partial charge is 0.509 e. The average Bonchev–Trinajstić information content (AvgIpc) is 2.25. The monoisotopic (exact) mass is 213 g/mol. The van der Waals surface area contributed by atoms with Gasteiger partial charge in [0.05, 0.1) is 13.2 Å². The van der Waals surface area contributed by atoms with Crippen molar-refractivity contribution in [1.82, 2.24) is 4.90 Å². The molecule has 0 aromatic rings. The van der Waals surface area contributed by atoms with E-state index in [1.807, 2.05) is 0 Å². The molecule has 0 aromatic carbocycles. The third-order valence-electron chi connectivity index (χ3n) is 2.31. The van der Waals surface area contributed by atoms with Crippen LogP contribution in [0.2, 0.25) is 0 Å². The number of aliphatic hydroxyl groups excluding tert-OH is 1. The topological polar surface area (TPSA) is 41.9 Å². The molecular formula is C11H19NO3.